The van der Waals surface area contributed by atoms with E-state index in [0.717, 1.165) is 12.8 Å². The number of likely N-dealkylation sites (tertiary alicyclic amines) is 1. The standard InChI is InChI=1S/C14H22N2O5/c1-14(2,3)20-13(18)16-6-4-5-10(16)9-19-12-7-11(8-17)21-15-12/h7,10,17H,4-6,8-9H2,1-3H3/t10-/m0/s1. The van der Waals surface area contributed by atoms with Gasteiger partial charge in [0.2, 0.25) is 0 Å². The molecular weight excluding hydrogens is 276 g/mol. The van der Waals surface area contributed by atoms with E-state index in [2.05, 4.69) is 5.16 Å². The number of ether oxygens (including phenoxy) is 2. The fraction of sp³-hybridized carbons (Fsp3) is 0.714. The third-order valence-corrected chi connectivity index (χ3v) is 3.12. The molecule has 2 rings (SSSR count). The van der Waals surface area contributed by atoms with Crippen molar-refractivity contribution in [2.75, 3.05) is 13.2 Å². The number of rotatable bonds is 4. The van der Waals surface area contributed by atoms with E-state index in [9.17, 15) is 4.79 Å². The van der Waals surface area contributed by atoms with Gasteiger partial charge in [-0.1, -0.05) is 0 Å². The van der Waals surface area contributed by atoms with Crippen molar-refractivity contribution in [3.05, 3.63) is 11.8 Å². The highest BCUT2D eigenvalue weighted by Crippen LogP contribution is 2.22. The van der Waals surface area contributed by atoms with Crippen molar-refractivity contribution in [2.45, 2.75) is 51.9 Å². The average molecular weight is 298 g/mol. The lowest BCUT2D eigenvalue weighted by Crippen LogP contribution is -2.42. The van der Waals surface area contributed by atoms with E-state index in [-0.39, 0.29) is 18.7 Å². The molecule has 1 aromatic rings. The molecule has 1 aliphatic heterocycles. The quantitative estimate of drug-likeness (QED) is 0.914. The lowest BCUT2D eigenvalue weighted by molar-refractivity contribution is 0.0184. The molecule has 1 atom stereocenters. The molecule has 7 heteroatoms. The molecule has 0 radical (unpaired) electrons. The number of amides is 1. The highest BCUT2D eigenvalue weighted by atomic mass is 16.6. The van der Waals surface area contributed by atoms with Crippen LogP contribution in [0.15, 0.2) is 10.6 Å². The Labute approximate surface area is 123 Å². The predicted molar refractivity (Wildman–Crippen MR) is 73.9 cm³/mol. The summed E-state index contributed by atoms with van der Waals surface area (Å²) < 4.78 is 15.7. The van der Waals surface area contributed by atoms with Crippen LogP contribution in [0.25, 0.3) is 0 Å². The van der Waals surface area contributed by atoms with Crippen molar-refractivity contribution < 1.29 is 23.9 Å². The summed E-state index contributed by atoms with van der Waals surface area (Å²) in [6.07, 6.45) is 1.47. The minimum Gasteiger partial charge on any atom is -0.473 e. The van der Waals surface area contributed by atoms with Gasteiger partial charge in [-0.2, -0.15) is 0 Å². The van der Waals surface area contributed by atoms with Crippen LogP contribution in [-0.2, 0) is 11.3 Å². The van der Waals surface area contributed by atoms with E-state index in [0.29, 0.717) is 24.8 Å². The van der Waals surface area contributed by atoms with Crippen LogP contribution in [0.3, 0.4) is 0 Å². The summed E-state index contributed by atoms with van der Waals surface area (Å²) in [6, 6.07) is 1.50. The molecular formula is C14H22N2O5. The number of hydrogen-bond donors (Lipinski definition) is 1. The first-order chi connectivity index (χ1) is 9.89. The maximum absolute atomic E-state index is 12.1. The molecule has 0 aliphatic carbocycles. The van der Waals surface area contributed by atoms with Gasteiger partial charge in [-0.05, 0) is 38.8 Å². The Morgan fingerprint density at radius 1 is 1.57 bits per heavy atom. The molecule has 0 unspecified atom stereocenters. The Bertz CT molecular complexity index is 480. The third-order valence-electron chi connectivity index (χ3n) is 3.12. The van der Waals surface area contributed by atoms with Gasteiger partial charge in [0.1, 0.15) is 18.8 Å². The maximum atomic E-state index is 12.1. The Hall–Kier alpha value is -1.76. The predicted octanol–water partition coefficient (Wildman–Crippen LogP) is 1.95. The number of carbonyl (C=O) groups is 1. The monoisotopic (exact) mass is 298 g/mol. The van der Waals surface area contributed by atoms with Gasteiger partial charge in [-0.15, -0.1) is 0 Å². The highest BCUT2D eigenvalue weighted by Gasteiger charge is 2.32. The number of carbonyl (C=O) groups excluding carboxylic acids is 1. The van der Waals surface area contributed by atoms with Gasteiger partial charge in [-0.3, -0.25) is 0 Å². The molecule has 1 aromatic heterocycles. The zero-order chi connectivity index (χ0) is 15.5. The molecule has 118 valence electrons. The molecule has 0 bridgehead atoms. The van der Waals surface area contributed by atoms with E-state index in [1.54, 1.807) is 4.90 Å². The summed E-state index contributed by atoms with van der Waals surface area (Å²) in [5, 5.41) is 12.6. The first-order valence-electron chi connectivity index (χ1n) is 7.08. The summed E-state index contributed by atoms with van der Waals surface area (Å²) in [4.78, 5) is 13.8. The fourth-order valence-corrected chi connectivity index (χ4v) is 2.19. The Morgan fingerprint density at radius 2 is 2.33 bits per heavy atom. The number of aliphatic hydroxyl groups excluding tert-OH is 1. The largest absolute Gasteiger partial charge is 0.473 e. The fourth-order valence-electron chi connectivity index (χ4n) is 2.19. The first kappa shape index (κ1) is 15.6. The van der Waals surface area contributed by atoms with Crippen molar-refractivity contribution in [3.8, 4) is 5.88 Å². The average Bonchev–Trinajstić information content (AvgIpc) is 3.03. The van der Waals surface area contributed by atoms with Crippen molar-refractivity contribution in [2.24, 2.45) is 0 Å². The first-order valence-corrected chi connectivity index (χ1v) is 7.08. The van der Waals surface area contributed by atoms with Gasteiger partial charge in [0, 0.05) is 12.6 Å². The highest BCUT2D eigenvalue weighted by molar-refractivity contribution is 5.68. The van der Waals surface area contributed by atoms with E-state index < -0.39 is 5.60 Å². The lowest BCUT2D eigenvalue weighted by Gasteiger charge is -2.28. The summed E-state index contributed by atoms with van der Waals surface area (Å²) in [5.41, 5.74) is -0.507. The minimum atomic E-state index is -0.507. The molecule has 2 heterocycles. The molecule has 1 amide bonds. The molecule has 1 N–H and O–H groups in total. The van der Waals surface area contributed by atoms with E-state index in [4.69, 9.17) is 19.1 Å². The number of aromatic nitrogens is 1. The Morgan fingerprint density at radius 3 is 2.95 bits per heavy atom. The van der Waals surface area contributed by atoms with Crippen LogP contribution in [0.2, 0.25) is 0 Å². The van der Waals surface area contributed by atoms with E-state index in [1.165, 1.54) is 6.07 Å². The van der Waals surface area contributed by atoms with E-state index in [1.807, 2.05) is 20.8 Å². The van der Waals surface area contributed by atoms with Gasteiger partial charge >= 0.3 is 6.09 Å². The van der Waals surface area contributed by atoms with Crippen LogP contribution in [-0.4, -0.2) is 46.1 Å². The normalized spacial score (nSPS) is 18.9. The van der Waals surface area contributed by atoms with Crippen LogP contribution >= 0.6 is 0 Å². The van der Waals surface area contributed by atoms with E-state index >= 15 is 0 Å². The Balaban J connectivity index is 1.88. The van der Waals surface area contributed by atoms with Crippen LogP contribution < -0.4 is 4.74 Å². The second kappa shape index (κ2) is 6.34. The summed E-state index contributed by atoms with van der Waals surface area (Å²) >= 11 is 0. The van der Waals surface area contributed by atoms with Gasteiger partial charge in [-0.25, -0.2) is 4.79 Å². The zero-order valence-corrected chi connectivity index (χ0v) is 12.7. The molecule has 21 heavy (non-hydrogen) atoms. The molecule has 7 nitrogen and oxygen atoms in total. The lowest BCUT2D eigenvalue weighted by atomic mass is 10.2. The van der Waals surface area contributed by atoms with Gasteiger partial charge in [0.15, 0.2) is 5.76 Å². The number of aliphatic hydroxyl groups is 1. The van der Waals surface area contributed by atoms with Crippen molar-refractivity contribution >= 4 is 6.09 Å². The van der Waals surface area contributed by atoms with Crippen LogP contribution in [0.5, 0.6) is 5.88 Å². The van der Waals surface area contributed by atoms with Crippen molar-refractivity contribution in [1.82, 2.24) is 10.1 Å². The SMILES string of the molecule is CC(C)(C)OC(=O)N1CCC[C@H]1COc1cc(CO)on1. The molecule has 0 spiro atoms. The Kier molecular flexibility index (Phi) is 4.72. The van der Waals surface area contributed by atoms with Crippen LogP contribution in [0, 0.1) is 0 Å². The minimum absolute atomic E-state index is 0.0332. The number of hydrogen-bond acceptors (Lipinski definition) is 6. The van der Waals surface area contributed by atoms with Gasteiger partial charge < -0.3 is 24.0 Å². The summed E-state index contributed by atoms with van der Waals surface area (Å²) in [6.45, 7) is 6.32. The topological polar surface area (TPSA) is 85.0 Å². The molecule has 0 saturated carbocycles. The molecule has 0 aromatic carbocycles. The summed E-state index contributed by atoms with van der Waals surface area (Å²) in [5.74, 6) is 0.663. The van der Waals surface area contributed by atoms with Gasteiger partial charge in [0.25, 0.3) is 5.88 Å². The smallest absolute Gasteiger partial charge is 0.410 e. The summed E-state index contributed by atoms with van der Waals surface area (Å²) in [7, 11) is 0. The zero-order valence-electron chi connectivity index (χ0n) is 12.7. The molecule has 1 fully saturated rings. The van der Waals surface area contributed by atoms with Crippen LogP contribution in [0.4, 0.5) is 4.79 Å². The van der Waals surface area contributed by atoms with Crippen molar-refractivity contribution in [3.63, 3.8) is 0 Å². The van der Waals surface area contributed by atoms with Crippen LogP contribution in [0.1, 0.15) is 39.4 Å². The molecule has 1 aliphatic rings. The third kappa shape index (κ3) is 4.35. The second-order valence-electron chi connectivity index (χ2n) is 6.07. The second-order valence-corrected chi connectivity index (χ2v) is 6.07. The molecule has 1 saturated heterocycles. The van der Waals surface area contributed by atoms with Gasteiger partial charge in [0.05, 0.1) is 6.04 Å². The maximum Gasteiger partial charge on any atom is 0.410 e. The number of nitrogens with zero attached hydrogens (tertiary/aromatic N) is 2. The van der Waals surface area contributed by atoms with Crippen molar-refractivity contribution in [1.29, 1.82) is 0 Å².